The molecule has 0 aliphatic rings. The zero-order valence-corrected chi connectivity index (χ0v) is 20.1. The fourth-order valence-corrected chi connectivity index (χ4v) is 3.75. The summed E-state index contributed by atoms with van der Waals surface area (Å²) in [7, 11) is 3.33. The number of aromatic nitrogens is 1. The van der Waals surface area contributed by atoms with Crippen LogP contribution in [0.2, 0.25) is 0 Å². The minimum absolute atomic E-state index is 0. The molecule has 0 radical (unpaired) electrons. The zero-order chi connectivity index (χ0) is 20.5. The first-order chi connectivity index (χ1) is 14.2. The average molecular weight is 542 g/mol. The van der Waals surface area contributed by atoms with Crippen molar-refractivity contribution in [3.8, 4) is 5.88 Å². The van der Waals surface area contributed by atoms with E-state index in [1.165, 1.54) is 4.70 Å². The number of methoxy groups -OCH3 is 1. The van der Waals surface area contributed by atoms with Gasteiger partial charge in [-0.25, -0.2) is 4.98 Å². The number of aliphatic hydroxyl groups is 1. The molecule has 1 unspecified atom stereocenters. The van der Waals surface area contributed by atoms with E-state index in [2.05, 4.69) is 32.7 Å². The predicted octanol–water partition coefficient (Wildman–Crippen LogP) is 3.34. The van der Waals surface area contributed by atoms with Gasteiger partial charge in [0.25, 0.3) is 0 Å². The summed E-state index contributed by atoms with van der Waals surface area (Å²) in [5.74, 6) is 1.19. The van der Waals surface area contributed by atoms with Gasteiger partial charge in [0.15, 0.2) is 5.96 Å². The molecular weight excluding hydrogens is 515 g/mol. The molecule has 0 saturated carbocycles. The van der Waals surface area contributed by atoms with E-state index >= 15 is 0 Å². The molecule has 0 saturated heterocycles. The van der Waals surface area contributed by atoms with Crippen molar-refractivity contribution < 1.29 is 14.6 Å². The fourth-order valence-electron chi connectivity index (χ4n) is 2.70. The van der Waals surface area contributed by atoms with Crippen molar-refractivity contribution in [3.05, 3.63) is 59.1 Å². The second kappa shape index (κ2) is 12.7. The van der Waals surface area contributed by atoms with Gasteiger partial charge in [0.05, 0.1) is 6.61 Å². The highest BCUT2D eigenvalue weighted by Gasteiger charge is 2.12. The van der Waals surface area contributed by atoms with Crippen LogP contribution in [-0.2, 0) is 11.3 Å². The molecule has 7 nitrogen and oxygen atoms in total. The molecule has 1 aromatic carbocycles. The molecular formula is C21H27IN4O3S. The van der Waals surface area contributed by atoms with Crippen molar-refractivity contribution in [1.29, 1.82) is 0 Å². The Morgan fingerprint density at radius 3 is 2.73 bits per heavy atom. The lowest BCUT2D eigenvalue weighted by atomic mass is 10.2. The molecule has 0 amide bonds. The van der Waals surface area contributed by atoms with Gasteiger partial charge >= 0.3 is 0 Å². The average Bonchev–Trinajstić information content (AvgIpc) is 3.19. The Kier molecular flexibility index (Phi) is 10.3. The fraction of sp³-hybridized carbons (Fsp3) is 0.333. The second-order valence-corrected chi connectivity index (χ2v) is 7.47. The molecule has 3 N–H and O–H groups in total. The third-order valence-electron chi connectivity index (χ3n) is 4.25. The van der Waals surface area contributed by atoms with Crippen molar-refractivity contribution >= 4 is 51.4 Å². The van der Waals surface area contributed by atoms with Crippen LogP contribution in [0.4, 0.5) is 0 Å². The Balaban J connectivity index is 0.00000320. The molecule has 0 spiro atoms. The maximum absolute atomic E-state index is 10.5. The topological polar surface area (TPSA) is 88.0 Å². The lowest BCUT2D eigenvalue weighted by molar-refractivity contribution is 0.143. The number of nitrogens with zero attached hydrogens (tertiary/aromatic N) is 2. The van der Waals surface area contributed by atoms with Crippen LogP contribution >= 0.6 is 35.3 Å². The van der Waals surface area contributed by atoms with Crippen LogP contribution in [0.1, 0.15) is 16.5 Å². The summed E-state index contributed by atoms with van der Waals surface area (Å²) in [4.78, 5) is 9.41. The Morgan fingerprint density at radius 1 is 1.20 bits per heavy atom. The highest BCUT2D eigenvalue weighted by atomic mass is 127. The highest BCUT2D eigenvalue weighted by molar-refractivity contribution is 14.0. The number of hydrogen-bond donors (Lipinski definition) is 3. The largest absolute Gasteiger partial charge is 0.475 e. The summed E-state index contributed by atoms with van der Waals surface area (Å²) in [5, 5.41) is 18.0. The molecule has 0 aliphatic carbocycles. The van der Waals surface area contributed by atoms with Gasteiger partial charge in [-0.05, 0) is 23.1 Å². The van der Waals surface area contributed by atoms with Gasteiger partial charge in [0.2, 0.25) is 5.88 Å². The minimum atomic E-state index is -0.601. The third kappa shape index (κ3) is 7.08. The summed E-state index contributed by atoms with van der Waals surface area (Å²) in [6, 6.07) is 13.9. The Morgan fingerprint density at radius 2 is 2.03 bits per heavy atom. The van der Waals surface area contributed by atoms with Gasteiger partial charge in [-0.1, -0.05) is 24.3 Å². The quantitative estimate of drug-likeness (QED) is 0.167. The van der Waals surface area contributed by atoms with E-state index in [0.29, 0.717) is 38.1 Å². The van der Waals surface area contributed by atoms with Crippen LogP contribution in [-0.4, -0.2) is 50.0 Å². The van der Waals surface area contributed by atoms with E-state index in [4.69, 9.17) is 9.47 Å². The number of halogens is 1. The minimum Gasteiger partial charge on any atom is -0.475 e. The lowest BCUT2D eigenvalue weighted by Gasteiger charge is -2.14. The van der Waals surface area contributed by atoms with Crippen molar-refractivity contribution in [2.45, 2.75) is 12.6 Å². The number of benzene rings is 1. The summed E-state index contributed by atoms with van der Waals surface area (Å²) < 4.78 is 11.6. The predicted molar refractivity (Wildman–Crippen MR) is 132 cm³/mol. The van der Waals surface area contributed by atoms with Crippen LogP contribution in [0, 0.1) is 0 Å². The van der Waals surface area contributed by atoms with Crippen molar-refractivity contribution in [2.75, 3.05) is 33.9 Å². The second-order valence-electron chi connectivity index (χ2n) is 6.36. The number of thiophene rings is 1. The SMILES string of the molecule is CN=C(NCc1ccc(OCCOC)nc1)NCC(O)c1cc2ccccc2s1.I. The van der Waals surface area contributed by atoms with Gasteiger partial charge in [-0.15, -0.1) is 35.3 Å². The molecule has 0 bridgehead atoms. The van der Waals surface area contributed by atoms with Crippen molar-refractivity contribution in [3.63, 3.8) is 0 Å². The Labute approximate surface area is 197 Å². The third-order valence-corrected chi connectivity index (χ3v) is 5.47. The maximum atomic E-state index is 10.5. The number of ether oxygens (including phenoxy) is 2. The number of aliphatic imine (C=N–C) groups is 1. The maximum Gasteiger partial charge on any atom is 0.213 e. The van der Waals surface area contributed by atoms with E-state index in [1.54, 1.807) is 31.7 Å². The van der Waals surface area contributed by atoms with Crippen LogP contribution in [0.15, 0.2) is 53.7 Å². The van der Waals surface area contributed by atoms with E-state index in [9.17, 15) is 5.11 Å². The number of rotatable bonds is 9. The molecule has 30 heavy (non-hydrogen) atoms. The zero-order valence-electron chi connectivity index (χ0n) is 17.0. The standard InChI is InChI=1S/C21H26N4O3S.HI/c1-22-21(24-13-15-7-8-20(23-12-15)28-10-9-27-2)25-14-17(26)19-11-16-5-3-4-6-18(16)29-19;/h3-8,11-12,17,26H,9-10,13-14H2,1-2H3,(H2,22,24,25);1H. The van der Waals surface area contributed by atoms with E-state index in [-0.39, 0.29) is 24.0 Å². The summed E-state index contributed by atoms with van der Waals surface area (Å²) in [6.45, 7) is 1.93. The van der Waals surface area contributed by atoms with Gasteiger partial charge in [0.1, 0.15) is 12.7 Å². The normalized spacial score (nSPS) is 12.3. The molecule has 1 atom stereocenters. The van der Waals surface area contributed by atoms with Crippen molar-refractivity contribution in [1.82, 2.24) is 15.6 Å². The number of aliphatic hydroxyl groups excluding tert-OH is 1. The van der Waals surface area contributed by atoms with Gasteiger partial charge in [-0.3, -0.25) is 4.99 Å². The summed E-state index contributed by atoms with van der Waals surface area (Å²) in [5.41, 5.74) is 0.997. The number of pyridine rings is 1. The molecule has 162 valence electrons. The number of nitrogens with one attached hydrogen (secondary N) is 2. The number of guanidine groups is 1. The van der Waals surface area contributed by atoms with E-state index < -0.39 is 6.10 Å². The number of hydrogen-bond acceptors (Lipinski definition) is 6. The van der Waals surface area contributed by atoms with Crippen LogP contribution in [0.25, 0.3) is 10.1 Å². The molecule has 3 rings (SSSR count). The molecule has 2 aromatic heterocycles. The van der Waals surface area contributed by atoms with Crippen LogP contribution < -0.4 is 15.4 Å². The summed E-state index contributed by atoms with van der Waals surface area (Å²) >= 11 is 1.60. The van der Waals surface area contributed by atoms with Crippen LogP contribution in [0.3, 0.4) is 0 Å². The first-order valence-corrected chi connectivity index (χ1v) is 10.2. The molecule has 0 aliphatic heterocycles. The van der Waals surface area contributed by atoms with E-state index in [0.717, 1.165) is 15.8 Å². The Bertz CT molecular complexity index is 900. The van der Waals surface area contributed by atoms with Gasteiger partial charge in [-0.2, -0.15) is 0 Å². The molecule has 2 heterocycles. The van der Waals surface area contributed by atoms with Gasteiger partial charge in [0, 0.05) is 49.1 Å². The van der Waals surface area contributed by atoms with Crippen molar-refractivity contribution in [2.24, 2.45) is 4.99 Å². The molecule has 9 heteroatoms. The highest BCUT2D eigenvalue weighted by Crippen LogP contribution is 2.29. The van der Waals surface area contributed by atoms with Gasteiger partial charge < -0.3 is 25.2 Å². The molecule has 3 aromatic rings. The Hall–Kier alpha value is -1.95. The smallest absolute Gasteiger partial charge is 0.213 e. The monoisotopic (exact) mass is 542 g/mol. The first-order valence-electron chi connectivity index (χ1n) is 9.37. The molecule has 0 fully saturated rings. The summed E-state index contributed by atoms with van der Waals surface area (Å²) in [6.07, 6.45) is 1.16. The number of fused-ring (bicyclic) bond motifs is 1. The lowest BCUT2D eigenvalue weighted by Crippen LogP contribution is -2.38. The van der Waals surface area contributed by atoms with E-state index in [1.807, 2.05) is 30.3 Å². The first kappa shape index (κ1) is 24.3. The van der Waals surface area contributed by atoms with Crippen LogP contribution in [0.5, 0.6) is 5.88 Å².